The van der Waals surface area contributed by atoms with Gasteiger partial charge in [0, 0.05) is 24.6 Å². The molecule has 3 aliphatic carbocycles. The van der Waals surface area contributed by atoms with E-state index in [4.69, 9.17) is 4.98 Å². The molecule has 23 heavy (non-hydrogen) atoms. The summed E-state index contributed by atoms with van der Waals surface area (Å²) in [5, 5.41) is 0. The zero-order valence-corrected chi connectivity index (χ0v) is 14.3. The van der Waals surface area contributed by atoms with Gasteiger partial charge < -0.3 is 4.90 Å². The summed E-state index contributed by atoms with van der Waals surface area (Å²) in [4.78, 5) is 20.1. The second-order valence-electron chi connectivity index (χ2n) is 7.79. The molecule has 0 saturated heterocycles. The Labute approximate surface area is 139 Å². The first-order valence-corrected chi connectivity index (χ1v) is 9.51. The number of rotatable bonds is 2. The molecule has 2 unspecified atom stereocenters. The highest BCUT2D eigenvalue weighted by Crippen LogP contribution is 2.39. The van der Waals surface area contributed by atoms with Crippen molar-refractivity contribution in [1.82, 2.24) is 4.98 Å². The average molecular weight is 312 g/mol. The predicted octanol–water partition coefficient (Wildman–Crippen LogP) is 4.40. The van der Waals surface area contributed by atoms with Crippen LogP contribution in [0.2, 0.25) is 0 Å². The SMILES string of the molecule is CN(c1ccc2c(n1)CC1CCCCC1C2=O)C1CCCCC1. The number of hydrogen-bond acceptors (Lipinski definition) is 3. The smallest absolute Gasteiger partial charge is 0.168 e. The second kappa shape index (κ2) is 6.26. The molecule has 0 spiro atoms. The summed E-state index contributed by atoms with van der Waals surface area (Å²) in [6.07, 6.45) is 12.4. The molecule has 0 N–H and O–H groups in total. The molecule has 3 nitrogen and oxygen atoms in total. The Morgan fingerprint density at radius 3 is 2.57 bits per heavy atom. The molecule has 1 aromatic rings. The minimum absolute atomic E-state index is 0.278. The lowest BCUT2D eigenvalue weighted by molar-refractivity contribution is 0.0798. The molecule has 2 fully saturated rings. The number of aromatic nitrogens is 1. The maximum absolute atomic E-state index is 12.8. The van der Waals surface area contributed by atoms with Crippen molar-refractivity contribution < 1.29 is 4.79 Å². The van der Waals surface area contributed by atoms with Crippen molar-refractivity contribution in [2.45, 2.75) is 70.3 Å². The van der Waals surface area contributed by atoms with Crippen molar-refractivity contribution in [3.05, 3.63) is 23.4 Å². The van der Waals surface area contributed by atoms with E-state index < -0.39 is 0 Å². The van der Waals surface area contributed by atoms with Crippen molar-refractivity contribution >= 4 is 11.6 Å². The van der Waals surface area contributed by atoms with E-state index in [1.165, 1.54) is 51.4 Å². The van der Waals surface area contributed by atoms with Gasteiger partial charge in [0.15, 0.2) is 5.78 Å². The van der Waals surface area contributed by atoms with Crippen LogP contribution in [0.1, 0.15) is 73.8 Å². The largest absolute Gasteiger partial charge is 0.357 e. The topological polar surface area (TPSA) is 33.2 Å². The van der Waals surface area contributed by atoms with Gasteiger partial charge in [-0.15, -0.1) is 0 Å². The molecule has 0 bridgehead atoms. The van der Waals surface area contributed by atoms with Gasteiger partial charge in [0.05, 0.1) is 5.69 Å². The lowest BCUT2D eigenvalue weighted by Crippen LogP contribution is -2.36. The summed E-state index contributed by atoms with van der Waals surface area (Å²) < 4.78 is 0. The molecular weight excluding hydrogens is 284 g/mol. The third-order valence-corrected chi connectivity index (χ3v) is 6.41. The molecule has 1 aromatic heterocycles. The van der Waals surface area contributed by atoms with Crippen LogP contribution in [0, 0.1) is 11.8 Å². The van der Waals surface area contributed by atoms with Crippen LogP contribution in [0.3, 0.4) is 0 Å². The molecule has 0 aromatic carbocycles. The van der Waals surface area contributed by atoms with Crippen LogP contribution in [0.15, 0.2) is 12.1 Å². The Kier molecular flexibility index (Phi) is 4.13. The van der Waals surface area contributed by atoms with E-state index in [2.05, 4.69) is 24.1 Å². The predicted molar refractivity (Wildman–Crippen MR) is 93.0 cm³/mol. The number of nitrogens with zero attached hydrogens (tertiary/aromatic N) is 2. The van der Waals surface area contributed by atoms with Crippen LogP contribution in [0.5, 0.6) is 0 Å². The summed E-state index contributed by atoms with van der Waals surface area (Å²) in [7, 11) is 2.18. The lowest BCUT2D eigenvalue weighted by Gasteiger charge is -2.36. The van der Waals surface area contributed by atoms with Gasteiger partial charge in [-0.2, -0.15) is 0 Å². The van der Waals surface area contributed by atoms with E-state index in [1.807, 2.05) is 0 Å². The van der Waals surface area contributed by atoms with E-state index in [-0.39, 0.29) is 5.92 Å². The Hall–Kier alpha value is -1.38. The molecule has 4 rings (SSSR count). The number of anilines is 1. The first-order valence-electron chi connectivity index (χ1n) is 9.51. The number of carbonyl (C=O) groups is 1. The zero-order valence-electron chi connectivity index (χ0n) is 14.3. The van der Waals surface area contributed by atoms with Gasteiger partial charge >= 0.3 is 0 Å². The highest BCUT2D eigenvalue weighted by atomic mass is 16.1. The van der Waals surface area contributed by atoms with Crippen LogP contribution in [-0.2, 0) is 6.42 Å². The van der Waals surface area contributed by atoms with Crippen LogP contribution in [-0.4, -0.2) is 23.9 Å². The van der Waals surface area contributed by atoms with Crippen LogP contribution < -0.4 is 4.90 Å². The van der Waals surface area contributed by atoms with E-state index >= 15 is 0 Å². The van der Waals surface area contributed by atoms with Gasteiger partial charge in [-0.1, -0.05) is 32.1 Å². The fraction of sp³-hybridized carbons (Fsp3) is 0.700. The zero-order chi connectivity index (χ0) is 15.8. The molecular formula is C20H28N2O. The number of ketones is 1. The number of Topliss-reactive ketones (excluding diaryl/α,β-unsaturated/α-hetero) is 1. The number of fused-ring (bicyclic) bond motifs is 2. The van der Waals surface area contributed by atoms with Gasteiger partial charge in [-0.05, 0) is 50.2 Å². The van der Waals surface area contributed by atoms with E-state index in [1.54, 1.807) is 0 Å². The number of pyridine rings is 1. The molecule has 2 saturated carbocycles. The molecule has 0 aliphatic heterocycles. The highest BCUT2D eigenvalue weighted by molar-refractivity contribution is 6.00. The molecule has 0 radical (unpaired) electrons. The molecule has 2 atom stereocenters. The van der Waals surface area contributed by atoms with Crippen molar-refractivity contribution in [1.29, 1.82) is 0 Å². The molecule has 124 valence electrons. The monoisotopic (exact) mass is 312 g/mol. The van der Waals surface area contributed by atoms with Crippen molar-refractivity contribution in [2.75, 3.05) is 11.9 Å². The van der Waals surface area contributed by atoms with Crippen molar-refractivity contribution in [3.8, 4) is 0 Å². The van der Waals surface area contributed by atoms with Gasteiger partial charge in [0.25, 0.3) is 0 Å². The number of hydrogen-bond donors (Lipinski definition) is 0. The maximum Gasteiger partial charge on any atom is 0.168 e. The van der Waals surface area contributed by atoms with Crippen molar-refractivity contribution in [3.63, 3.8) is 0 Å². The summed E-state index contributed by atoms with van der Waals surface area (Å²) in [5.74, 6) is 2.26. The van der Waals surface area contributed by atoms with Gasteiger partial charge in [0.1, 0.15) is 5.82 Å². The van der Waals surface area contributed by atoms with Gasteiger partial charge in [0.2, 0.25) is 0 Å². The fourth-order valence-corrected chi connectivity index (χ4v) is 4.97. The summed E-state index contributed by atoms with van der Waals surface area (Å²) in [6.45, 7) is 0. The molecule has 1 heterocycles. The minimum Gasteiger partial charge on any atom is -0.357 e. The Balaban J connectivity index is 1.59. The molecule has 0 amide bonds. The third-order valence-electron chi connectivity index (χ3n) is 6.41. The van der Waals surface area contributed by atoms with Gasteiger partial charge in [-0.25, -0.2) is 4.98 Å². The standard InChI is InChI=1S/C20H28N2O/c1-22(15-8-3-2-4-9-15)19-12-11-17-18(21-19)13-14-7-5-6-10-16(14)20(17)23/h11-12,14-16H,2-10,13H2,1H3. The first kappa shape index (κ1) is 15.2. The minimum atomic E-state index is 0.278. The highest BCUT2D eigenvalue weighted by Gasteiger charge is 2.37. The van der Waals surface area contributed by atoms with Crippen LogP contribution in [0.25, 0.3) is 0 Å². The summed E-state index contributed by atoms with van der Waals surface area (Å²) in [5.41, 5.74) is 1.98. The Bertz CT molecular complexity index is 591. The Morgan fingerprint density at radius 2 is 1.74 bits per heavy atom. The second-order valence-corrected chi connectivity index (χ2v) is 7.79. The fourth-order valence-electron chi connectivity index (χ4n) is 4.97. The maximum atomic E-state index is 12.8. The summed E-state index contributed by atoms with van der Waals surface area (Å²) in [6, 6.07) is 4.76. The molecule has 3 heteroatoms. The van der Waals surface area contributed by atoms with Crippen molar-refractivity contribution in [2.24, 2.45) is 11.8 Å². The van der Waals surface area contributed by atoms with Crippen LogP contribution in [0.4, 0.5) is 5.82 Å². The molecule has 3 aliphatic rings. The van der Waals surface area contributed by atoms with E-state index in [0.717, 1.165) is 29.9 Å². The summed E-state index contributed by atoms with van der Waals surface area (Å²) >= 11 is 0. The first-order chi connectivity index (χ1) is 11.2. The van der Waals surface area contributed by atoms with Crippen LogP contribution >= 0.6 is 0 Å². The quantitative estimate of drug-likeness (QED) is 0.811. The number of carbonyl (C=O) groups excluding carboxylic acids is 1. The van der Waals surface area contributed by atoms with Gasteiger partial charge in [-0.3, -0.25) is 4.79 Å². The average Bonchev–Trinajstić information content (AvgIpc) is 2.61. The normalized spacial score (nSPS) is 28.1. The van der Waals surface area contributed by atoms with E-state index in [9.17, 15) is 4.79 Å². The van der Waals surface area contributed by atoms with E-state index in [0.29, 0.717) is 17.7 Å². The lowest BCUT2D eigenvalue weighted by atomic mass is 9.69. The Morgan fingerprint density at radius 1 is 1.00 bits per heavy atom. The third kappa shape index (κ3) is 2.79.